The zero-order valence-electron chi connectivity index (χ0n) is 18.9. The Kier molecular flexibility index (Phi) is 6.08. The van der Waals surface area contributed by atoms with E-state index in [-0.39, 0.29) is 24.1 Å². The average Bonchev–Trinajstić information content (AvgIpc) is 3.13. The first-order chi connectivity index (χ1) is 15.2. The number of ether oxygens (including phenoxy) is 3. The first-order valence-corrected chi connectivity index (χ1v) is 11.0. The summed E-state index contributed by atoms with van der Waals surface area (Å²) in [6, 6.07) is 5.34. The van der Waals surface area contributed by atoms with E-state index < -0.39 is 17.8 Å². The van der Waals surface area contributed by atoms with Crippen LogP contribution in [0, 0.1) is 5.92 Å². The fraction of sp³-hybridized carbons (Fsp3) is 0.565. The summed E-state index contributed by atoms with van der Waals surface area (Å²) in [5, 5.41) is 5.96. The maximum Gasteiger partial charge on any atom is 0.408 e. The van der Waals surface area contributed by atoms with E-state index in [4.69, 9.17) is 14.2 Å². The number of fused-ring (bicyclic) bond motifs is 1. The molecule has 0 radical (unpaired) electrons. The summed E-state index contributed by atoms with van der Waals surface area (Å²) >= 11 is 0. The number of pyridine rings is 2. The Morgan fingerprint density at radius 2 is 1.94 bits per heavy atom. The number of hydrogen-bond acceptors (Lipinski definition) is 7. The first kappa shape index (κ1) is 22.1. The van der Waals surface area contributed by atoms with Gasteiger partial charge >= 0.3 is 12.2 Å². The third-order valence-corrected chi connectivity index (χ3v) is 5.95. The van der Waals surface area contributed by atoms with E-state index >= 15 is 0 Å². The second kappa shape index (κ2) is 8.80. The predicted octanol–water partition coefficient (Wildman–Crippen LogP) is 3.87. The van der Waals surface area contributed by atoms with Gasteiger partial charge in [-0.3, -0.25) is 4.98 Å². The lowest BCUT2D eigenvalue weighted by atomic mass is 9.79. The van der Waals surface area contributed by atoms with Crippen molar-refractivity contribution in [3.63, 3.8) is 0 Å². The van der Waals surface area contributed by atoms with Gasteiger partial charge in [-0.2, -0.15) is 0 Å². The number of nitrogens with one attached hydrogen (secondary N) is 2. The van der Waals surface area contributed by atoms with Crippen molar-refractivity contribution in [1.82, 2.24) is 20.6 Å². The van der Waals surface area contributed by atoms with E-state index in [2.05, 4.69) is 20.6 Å². The molecule has 9 nitrogen and oxygen atoms in total. The van der Waals surface area contributed by atoms with E-state index in [1.165, 1.54) is 0 Å². The van der Waals surface area contributed by atoms with Crippen molar-refractivity contribution >= 4 is 23.2 Å². The van der Waals surface area contributed by atoms with Crippen LogP contribution in [0.25, 0.3) is 11.0 Å². The Morgan fingerprint density at radius 3 is 2.62 bits per heavy atom. The summed E-state index contributed by atoms with van der Waals surface area (Å²) in [6.07, 6.45) is 3.75. The lowest BCUT2D eigenvalue weighted by molar-refractivity contribution is 0.0479. The highest BCUT2D eigenvalue weighted by Crippen LogP contribution is 2.39. The molecule has 9 heteroatoms. The van der Waals surface area contributed by atoms with Gasteiger partial charge < -0.3 is 24.8 Å². The minimum atomic E-state index is -0.524. The molecule has 0 bridgehead atoms. The molecule has 2 N–H and O–H groups in total. The van der Waals surface area contributed by atoms with E-state index in [9.17, 15) is 9.59 Å². The molecule has 32 heavy (non-hydrogen) atoms. The molecule has 2 aromatic heterocycles. The SMILES string of the molecule is COc1ccc2nccc([C@H]3OC(=O)N[C@@H]3C3CCC(NC(=O)OC(C)(C)C)CC3)c2n1. The van der Waals surface area contributed by atoms with Gasteiger partial charge in [0.2, 0.25) is 5.88 Å². The number of alkyl carbamates (subject to hydrolysis) is 2. The average molecular weight is 443 g/mol. The minimum absolute atomic E-state index is 0.0604. The van der Waals surface area contributed by atoms with E-state index in [1.54, 1.807) is 19.4 Å². The second-order valence-electron chi connectivity index (χ2n) is 9.38. The molecular formula is C23H30N4O5. The molecule has 2 aromatic rings. The fourth-order valence-electron chi connectivity index (χ4n) is 4.52. The van der Waals surface area contributed by atoms with Crippen LogP contribution in [-0.2, 0) is 9.47 Å². The molecule has 0 unspecified atom stereocenters. The topological polar surface area (TPSA) is 112 Å². The molecule has 1 aliphatic heterocycles. The number of carbonyl (C=O) groups is 2. The quantitative estimate of drug-likeness (QED) is 0.739. The molecule has 2 atom stereocenters. The maximum atomic E-state index is 12.2. The molecule has 4 rings (SSSR count). The van der Waals surface area contributed by atoms with Crippen molar-refractivity contribution in [3.05, 3.63) is 30.0 Å². The summed E-state index contributed by atoms with van der Waals surface area (Å²) in [6.45, 7) is 5.54. The second-order valence-corrected chi connectivity index (χ2v) is 9.38. The number of methoxy groups -OCH3 is 1. The van der Waals surface area contributed by atoms with Crippen LogP contribution in [0.4, 0.5) is 9.59 Å². The highest BCUT2D eigenvalue weighted by molar-refractivity contribution is 5.80. The number of amides is 2. The zero-order chi connectivity index (χ0) is 22.9. The van der Waals surface area contributed by atoms with Crippen molar-refractivity contribution in [2.45, 2.75) is 70.2 Å². The van der Waals surface area contributed by atoms with Gasteiger partial charge in [-0.15, -0.1) is 0 Å². The molecule has 2 aliphatic rings. The predicted molar refractivity (Wildman–Crippen MR) is 117 cm³/mol. The number of aromatic nitrogens is 2. The molecule has 1 saturated heterocycles. The van der Waals surface area contributed by atoms with Crippen LogP contribution in [0.5, 0.6) is 5.88 Å². The normalized spacial score (nSPS) is 25.7. The maximum absolute atomic E-state index is 12.2. The van der Waals surface area contributed by atoms with Gasteiger partial charge in [-0.05, 0) is 64.5 Å². The summed E-state index contributed by atoms with van der Waals surface area (Å²) in [4.78, 5) is 33.2. The molecule has 0 aromatic carbocycles. The summed E-state index contributed by atoms with van der Waals surface area (Å²) in [5.74, 6) is 0.700. The fourth-order valence-corrected chi connectivity index (χ4v) is 4.52. The summed E-state index contributed by atoms with van der Waals surface area (Å²) < 4.78 is 16.3. The molecule has 1 saturated carbocycles. The van der Waals surface area contributed by atoms with Gasteiger partial charge in [0.05, 0.1) is 24.2 Å². The van der Waals surface area contributed by atoms with Gasteiger partial charge in [-0.1, -0.05) is 0 Å². The Bertz CT molecular complexity index is 998. The number of nitrogens with zero attached hydrogens (tertiary/aromatic N) is 2. The van der Waals surface area contributed by atoms with E-state index in [1.807, 2.05) is 32.9 Å². The highest BCUT2D eigenvalue weighted by Gasteiger charge is 2.42. The van der Waals surface area contributed by atoms with Crippen LogP contribution < -0.4 is 15.4 Å². The van der Waals surface area contributed by atoms with Gasteiger partial charge in [-0.25, -0.2) is 14.6 Å². The smallest absolute Gasteiger partial charge is 0.408 e. The highest BCUT2D eigenvalue weighted by atomic mass is 16.6. The number of cyclic esters (lactones) is 1. The lowest BCUT2D eigenvalue weighted by Gasteiger charge is -2.34. The standard InChI is InChI=1S/C23H30N4O5/c1-23(2,3)32-22(29)25-14-7-5-13(6-8-14)18-20(31-21(28)27-18)15-11-12-24-16-9-10-17(30-4)26-19(15)16/h9-14,18,20H,5-8H2,1-4H3,(H,25,29)(H,27,28)/t13?,14?,18-,20-/m1/s1. The molecular weight excluding hydrogens is 412 g/mol. The van der Waals surface area contributed by atoms with Crippen LogP contribution >= 0.6 is 0 Å². The van der Waals surface area contributed by atoms with Crippen LogP contribution in [0.2, 0.25) is 0 Å². The van der Waals surface area contributed by atoms with E-state index in [0.29, 0.717) is 11.4 Å². The van der Waals surface area contributed by atoms with Gasteiger partial charge in [0.25, 0.3) is 0 Å². The Morgan fingerprint density at radius 1 is 1.19 bits per heavy atom. The lowest BCUT2D eigenvalue weighted by Crippen LogP contribution is -2.44. The number of rotatable bonds is 4. The van der Waals surface area contributed by atoms with Gasteiger partial charge in [0.1, 0.15) is 5.60 Å². The van der Waals surface area contributed by atoms with Crippen LogP contribution in [0.1, 0.15) is 58.1 Å². The molecule has 1 aliphatic carbocycles. The molecule has 172 valence electrons. The monoisotopic (exact) mass is 442 g/mol. The Hall–Kier alpha value is -3.10. The van der Waals surface area contributed by atoms with Crippen molar-refractivity contribution in [3.8, 4) is 5.88 Å². The molecule has 2 fully saturated rings. The minimum Gasteiger partial charge on any atom is -0.481 e. The van der Waals surface area contributed by atoms with Crippen molar-refractivity contribution in [2.75, 3.05) is 7.11 Å². The molecule has 3 heterocycles. The molecule has 2 amide bonds. The van der Waals surface area contributed by atoms with Crippen LogP contribution in [-0.4, -0.2) is 46.9 Å². The third kappa shape index (κ3) is 4.87. The van der Waals surface area contributed by atoms with Crippen molar-refractivity contribution in [1.29, 1.82) is 0 Å². The van der Waals surface area contributed by atoms with Crippen molar-refractivity contribution in [2.24, 2.45) is 5.92 Å². The summed E-state index contributed by atoms with van der Waals surface area (Å²) in [5.41, 5.74) is 1.67. The summed E-state index contributed by atoms with van der Waals surface area (Å²) in [7, 11) is 1.56. The Labute approximate surface area is 187 Å². The third-order valence-electron chi connectivity index (χ3n) is 5.95. The van der Waals surface area contributed by atoms with Gasteiger partial charge in [0, 0.05) is 23.9 Å². The largest absolute Gasteiger partial charge is 0.481 e. The van der Waals surface area contributed by atoms with Crippen molar-refractivity contribution < 1.29 is 23.8 Å². The van der Waals surface area contributed by atoms with Crippen LogP contribution in [0.15, 0.2) is 24.4 Å². The Balaban J connectivity index is 1.47. The molecule has 0 spiro atoms. The first-order valence-electron chi connectivity index (χ1n) is 11.0. The van der Waals surface area contributed by atoms with Gasteiger partial charge in [0.15, 0.2) is 6.10 Å². The van der Waals surface area contributed by atoms with E-state index in [0.717, 1.165) is 36.8 Å². The zero-order valence-corrected chi connectivity index (χ0v) is 18.9. The number of carbonyl (C=O) groups excluding carboxylic acids is 2. The van der Waals surface area contributed by atoms with Crippen LogP contribution in [0.3, 0.4) is 0 Å². The number of hydrogen-bond donors (Lipinski definition) is 2.